The summed E-state index contributed by atoms with van der Waals surface area (Å²) in [5.41, 5.74) is 1.46. The molecule has 0 unspecified atom stereocenters. The first-order chi connectivity index (χ1) is 10.1. The number of methoxy groups -OCH3 is 2. The number of benzene rings is 2. The molecule has 0 bridgehead atoms. The average molecular weight is 351 g/mol. The van der Waals surface area contributed by atoms with E-state index >= 15 is 0 Å². The molecule has 0 fully saturated rings. The summed E-state index contributed by atoms with van der Waals surface area (Å²) in [6.45, 7) is 0.418. The smallest absolute Gasteiger partial charge is 0.337 e. The minimum Gasteiger partial charge on any atom is -0.493 e. The molecule has 0 heterocycles. The Bertz CT molecular complexity index is 623. The van der Waals surface area contributed by atoms with Crippen molar-refractivity contribution in [3.8, 4) is 11.5 Å². The van der Waals surface area contributed by atoms with E-state index in [0.29, 0.717) is 23.7 Å². The van der Waals surface area contributed by atoms with Crippen molar-refractivity contribution in [2.45, 2.75) is 6.61 Å². The fourth-order valence-electron chi connectivity index (χ4n) is 1.77. The van der Waals surface area contributed by atoms with E-state index in [-0.39, 0.29) is 0 Å². The third kappa shape index (κ3) is 3.98. The minimum atomic E-state index is -0.409. The van der Waals surface area contributed by atoms with Crippen LogP contribution in [0.15, 0.2) is 46.9 Å². The van der Waals surface area contributed by atoms with E-state index in [0.717, 1.165) is 10.0 Å². The number of carbonyl (C=O) groups excluding carboxylic acids is 1. The molecular formula is C16H15BrO4. The molecule has 0 N–H and O–H groups in total. The molecule has 4 nitrogen and oxygen atoms in total. The second-order valence-electron chi connectivity index (χ2n) is 4.27. The van der Waals surface area contributed by atoms with Gasteiger partial charge in [0.15, 0.2) is 11.5 Å². The maximum Gasteiger partial charge on any atom is 0.337 e. The van der Waals surface area contributed by atoms with Crippen molar-refractivity contribution < 1.29 is 19.0 Å². The van der Waals surface area contributed by atoms with Crippen LogP contribution in [0.5, 0.6) is 11.5 Å². The maximum atomic E-state index is 11.5. The molecule has 0 amide bonds. The quantitative estimate of drug-likeness (QED) is 0.769. The maximum absolute atomic E-state index is 11.5. The molecule has 0 saturated heterocycles. The van der Waals surface area contributed by atoms with Crippen LogP contribution in [-0.2, 0) is 11.3 Å². The Morgan fingerprint density at radius 1 is 1.05 bits per heavy atom. The minimum absolute atomic E-state index is 0.409. The first-order valence-electron chi connectivity index (χ1n) is 6.27. The lowest BCUT2D eigenvalue weighted by Crippen LogP contribution is -2.03. The van der Waals surface area contributed by atoms with Crippen LogP contribution >= 0.6 is 15.9 Å². The van der Waals surface area contributed by atoms with Crippen molar-refractivity contribution >= 4 is 21.9 Å². The van der Waals surface area contributed by atoms with E-state index in [1.54, 1.807) is 18.2 Å². The van der Waals surface area contributed by atoms with Crippen molar-refractivity contribution in [2.75, 3.05) is 14.2 Å². The van der Waals surface area contributed by atoms with Crippen LogP contribution in [0.3, 0.4) is 0 Å². The van der Waals surface area contributed by atoms with Crippen LogP contribution in [0.4, 0.5) is 0 Å². The van der Waals surface area contributed by atoms with E-state index in [4.69, 9.17) is 9.47 Å². The number of esters is 1. The molecule has 0 atom stereocenters. The van der Waals surface area contributed by atoms with Gasteiger partial charge in [-0.3, -0.25) is 0 Å². The SMILES string of the molecule is COC(=O)c1ccc(OCc2ccc(Br)cc2)c(OC)c1. The number of hydrogen-bond acceptors (Lipinski definition) is 4. The molecule has 0 aliphatic rings. The molecule has 0 aliphatic carbocycles. The van der Waals surface area contributed by atoms with E-state index in [2.05, 4.69) is 20.7 Å². The number of ether oxygens (including phenoxy) is 3. The molecule has 2 aromatic carbocycles. The Hall–Kier alpha value is -2.01. The highest BCUT2D eigenvalue weighted by molar-refractivity contribution is 9.10. The third-order valence-electron chi connectivity index (χ3n) is 2.89. The summed E-state index contributed by atoms with van der Waals surface area (Å²) in [6, 6.07) is 12.8. The molecule has 2 rings (SSSR count). The summed E-state index contributed by atoms with van der Waals surface area (Å²) in [5.74, 6) is 0.663. The van der Waals surface area contributed by atoms with Gasteiger partial charge in [-0.15, -0.1) is 0 Å². The van der Waals surface area contributed by atoms with E-state index in [9.17, 15) is 4.79 Å². The van der Waals surface area contributed by atoms with Crippen LogP contribution in [0.1, 0.15) is 15.9 Å². The number of halogens is 1. The highest BCUT2D eigenvalue weighted by Crippen LogP contribution is 2.29. The van der Waals surface area contributed by atoms with Crippen LogP contribution in [0.2, 0.25) is 0 Å². The second kappa shape index (κ2) is 7.13. The van der Waals surface area contributed by atoms with Crippen molar-refractivity contribution in [1.29, 1.82) is 0 Å². The van der Waals surface area contributed by atoms with Crippen molar-refractivity contribution in [2.24, 2.45) is 0 Å². The van der Waals surface area contributed by atoms with Gasteiger partial charge in [-0.05, 0) is 35.9 Å². The van der Waals surface area contributed by atoms with E-state index < -0.39 is 5.97 Å². The van der Waals surface area contributed by atoms with Gasteiger partial charge >= 0.3 is 5.97 Å². The zero-order valence-electron chi connectivity index (χ0n) is 11.8. The molecule has 110 valence electrons. The molecular weight excluding hydrogens is 336 g/mol. The lowest BCUT2D eigenvalue weighted by Gasteiger charge is -2.11. The topological polar surface area (TPSA) is 44.8 Å². The number of hydrogen-bond donors (Lipinski definition) is 0. The zero-order valence-corrected chi connectivity index (χ0v) is 13.3. The zero-order chi connectivity index (χ0) is 15.2. The number of carbonyl (C=O) groups is 1. The molecule has 21 heavy (non-hydrogen) atoms. The van der Waals surface area contributed by atoms with Crippen LogP contribution in [0.25, 0.3) is 0 Å². The first kappa shape index (κ1) is 15.4. The predicted molar refractivity (Wildman–Crippen MR) is 82.8 cm³/mol. The summed E-state index contributed by atoms with van der Waals surface area (Å²) >= 11 is 3.39. The van der Waals surface area contributed by atoms with Gasteiger partial charge in [0.25, 0.3) is 0 Å². The standard InChI is InChI=1S/C16H15BrO4/c1-19-15-9-12(16(18)20-2)5-8-14(15)21-10-11-3-6-13(17)7-4-11/h3-9H,10H2,1-2H3. The number of rotatable bonds is 5. The van der Waals surface area contributed by atoms with Crippen LogP contribution < -0.4 is 9.47 Å². The van der Waals surface area contributed by atoms with E-state index in [1.165, 1.54) is 14.2 Å². The normalized spacial score (nSPS) is 10.0. The predicted octanol–water partition coefficient (Wildman–Crippen LogP) is 3.82. The van der Waals surface area contributed by atoms with Gasteiger partial charge in [-0.1, -0.05) is 28.1 Å². The summed E-state index contributed by atoms with van der Waals surface area (Å²) in [4.78, 5) is 11.5. The summed E-state index contributed by atoms with van der Waals surface area (Å²) < 4.78 is 16.7. The average Bonchev–Trinajstić information content (AvgIpc) is 2.53. The second-order valence-corrected chi connectivity index (χ2v) is 5.19. The van der Waals surface area contributed by atoms with Gasteiger partial charge in [0.05, 0.1) is 19.8 Å². The molecule has 2 aromatic rings. The fourth-order valence-corrected chi connectivity index (χ4v) is 2.04. The Balaban J connectivity index is 2.12. The molecule has 0 aromatic heterocycles. The van der Waals surface area contributed by atoms with Crippen molar-refractivity contribution in [3.63, 3.8) is 0 Å². The lowest BCUT2D eigenvalue weighted by atomic mass is 10.2. The van der Waals surface area contributed by atoms with Gasteiger partial charge in [-0.2, -0.15) is 0 Å². The molecule has 0 saturated carbocycles. The summed E-state index contributed by atoms with van der Waals surface area (Å²) in [5, 5.41) is 0. The lowest BCUT2D eigenvalue weighted by molar-refractivity contribution is 0.0600. The first-order valence-corrected chi connectivity index (χ1v) is 7.07. The van der Waals surface area contributed by atoms with Crippen molar-refractivity contribution in [1.82, 2.24) is 0 Å². The van der Waals surface area contributed by atoms with E-state index in [1.807, 2.05) is 24.3 Å². The van der Waals surface area contributed by atoms with Crippen LogP contribution in [-0.4, -0.2) is 20.2 Å². The summed E-state index contributed by atoms with van der Waals surface area (Å²) in [6.07, 6.45) is 0. The monoisotopic (exact) mass is 350 g/mol. The summed E-state index contributed by atoms with van der Waals surface area (Å²) in [7, 11) is 2.87. The third-order valence-corrected chi connectivity index (χ3v) is 3.42. The van der Waals surface area contributed by atoms with Gasteiger partial charge in [-0.25, -0.2) is 4.79 Å². The molecule has 0 aliphatic heterocycles. The Morgan fingerprint density at radius 3 is 2.38 bits per heavy atom. The Morgan fingerprint density at radius 2 is 1.76 bits per heavy atom. The fraction of sp³-hybridized carbons (Fsp3) is 0.188. The molecule has 5 heteroatoms. The van der Waals surface area contributed by atoms with Crippen molar-refractivity contribution in [3.05, 3.63) is 58.1 Å². The Kier molecular flexibility index (Phi) is 5.22. The molecule has 0 radical (unpaired) electrons. The van der Waals surface area contributed by atoms with Gasteiger partial charge < -0.3 is 14.2 Å². The molecule has 0 spiro atoms. The largest absolute Gasteiger partial charge is 0.493 e. The Labute approximate surface area is 131 Å². The van der Waals surface area contributed by atoms with Gasteiger partial charge in [0, 0.05) is 4.47 Å². The van der Waals surface area contributed by atoms with Gasteiger partial charge in [0.1, 0.15) is 6.61 Å². The highest BCUT2D eigenvalue weighted by Gasteiger charge is 2.11. The van der Waals surface area contributed by atoms with Gasteiger partial charge in [0.2, 0.25) is 0 Å². The van der Waals surface area contributed by atoms with Crippen LogP contribution in [0, 0.1) is 0 Å². The highest BCUT2D eigenvalue weighted by atomic mass is 79.9.